The lowest BCUT2D eigenvalue weighted by atomic mass is 10.1. The summed E-state index contributed by atoms with van der Waals surface area (Å²) >= 11 is 0. The van der Waals surface area contributed by atoms with Gasteiger partial charge in [-0.2, -0.15) is 0 Å². The average molecular weight is 262 g/mol. The van der Waals surface area contributed by atoms with Gasteiger partial charge in [0.15, 0.2) is 0 Å². The first-order valence-corrected chi connectivity index (χ1v) is 7.98. The molecule has 1 nitrogen and oxygen atoms in total. The van der Waals surface area contributed by atoms with Crippen LogP contribution in [0.25, 0.3) is 0 Å². The highest BCUT2D eigenvalue weighted by molar-refractivity contribution is 5.25. The number of hydrogen-bond acceptors (Lipinski definition) is 1. The van der Waals surface area contributed by atoms with Crippen LogP contribution >= 0.6 is 0 Å². The van der Waals surface area contributed by atoms with Crippen LogP contribution in [-0.4, -0.2) is 11.7 Å². The Morgan fingerprint density at radius 3 is 1.63 bits per heavy atom. The highest BCUT2D eigenvalue weighted by Crippen LogP contribution is 2.04. The van der Waals surface area contributed by atoms with Crippen molar-refractivity contribution in [2.24, 2.45) is 0 Å². The Bertz CT molecular complexity index is 284. The number of hydrogen-bond donors (Lipinski definition) is 1. The van der Waals surface area contributed by atoms with Crippen molar-refractivity contribution < 1.29 is 5.11 Å². The van der Waals surface area contributed by atoms with E-state index >= 15 is 0 Å². The van der Waals surface area contributed by atoms with E-state index in [0.29, 0.717) is 6.61 Å². The predicted molar refractivity (Wildman–Crippen MR) is 83.7 cm³/mol. The van der Waals surface area contributed by atoms with Crippen LogP contribution in [0.5, 0.6) is 0 Å². The van der Waals surface area contributed by atoms with Gasteiger partial charge in [-0.15, -0.1) is 0 Å². The molecule has 0 amide bonds. The maximum absolute atomic E-state index is 8.63. The summed E-state index contributed by atoms with van der Waals surface area (Å²) in [7, 11) is 0. The van der Waals surface area contributed by atoms with Crippen molar-refractivity contribution in [3.8, 4) is 23.7 Å². The molecule has 0 aliphatic carbocycles. The van der Waals surface area contributed by atoms with Gasteiger partial charge in [0.05, 0.1) is 0 Å². The fraction of sp³-hybridized carbons (Fsp3) is 0.778. The molecule has 1 heteroatoms. The van der Waals surface area contributed by atoms with Gasteiger partial charge in [0.1, 0.15) is 0 Å². The molecule has 0 aliphatic rings. The van der Waals surface area contributed by atoms with Gasteiger partial charge in [-0.25, -0.2) is 0 Å². The van der Waals surface area contributed by atoms with Crippen LogP contribution in [0.3, 0.4) is 0 Å². The third kappa shape index (κ3) is 17.1. The van der Waals surface area contributed by atoms with E-state index in [-0.39, 0.29) is 0 Å². The maximum Gasteiger partial charge on any atom is 0.0431 e. The Hall–Kier alpha value is -0.920. The molecule has 0 aromatic heterocycles. The average Bonchev–Trinajstić information content (AvgIpc) is 2.43. The highest BCUT2D eigenvalue weighted by Gasteiger charge is 1.88. The zero-order chi connectivity index (χ0) is 14.0. The van der Waals surface area contributed by atoms with Gasteiger partial charge in [-0.1, -0.05) is 63.7 Å². The van der Waals surface area contributed by atoms with Crippen molar-refractivity contribution in [3.05, 3.63) is 0 Å². The third-order valence-corrected chi connectivity index (χ3v) is 3.10. The van der Waals surface area contributed by atoms with Gasteiger partial charge in [-0.3, -0.25) is 0 Å². The van der Waals surface area contributed by atoms with E-state index < -0.39 is 0 Å². The number of rotatable bonds is 11. The molecule has 0 radical (unpaired) electrons. The maximum atomic E-state index is 8.63. The molecule has 0 atom stereocenters. The van der Waals surface area contributed by atoms with E-state index in [1.54, 1.807) is 0 Å². The molecule has 0 rings (SSSR count). The molecule has 0 fully saturated rings. The summed E-state index contributed by atoms with van der Waals surface area (Å²) in [5.74, 6) is 12.1. The molecule has 1 N–H and O–H groups in total. The molecule has 0 aromatic rings. The largest absolute Gasteiger partial charge is 0.396 e. The Morgan fingerprint density at radius 2 is 1.11 bits per heavy atom. The number of aliphatic hydroxyl groups excluding tert-OH is 1. The molecular formula is C18H30O. The summed E-state index contributed by atoms with van der Waals surface area (Å²) in [5, 5.41) is 8.63. The third-order valence-electron chi connectivity index (χ3n) is 3.10. The van der Waals surface area contributed by atoms with Gasteiger partial charge in [0, 0.05) is 19.4 Å². The van der Waals surface area contributed by atoms with Crippen molar-refractivity contribution >= 4 is 0 Å². The summed E-state index contributed by atoms with van der Waals surface area (Å²) in [5.41, 5.74) is 0. The van der Waals surface area contributed by atoms with Crippen LogP contribution in [0.4, 0.5) is 0 Å². The summed E-state index contributed by atoms with van der Waals surface area (Å²) in [4.78, 5) is 0. The molecule has 0 aliphatic heterocycles. The van der Waals surface area contributed by atoms with Crippen LogP contribution in [0.1, 0.15) is 84.0 Å². The van der Waals surface area contributed by atoms with Gasteiger partial charge in [0.2, 0.25) is 0 Å². The van der Waals surface area contributed by atoms with Gasteiger partial charge in [-0.05, 0) is 31.1 Å². The quantitative estimate of drug-likeness (QED) is 0.423. The lowest BCUT2D eigenvalue weighted by Crippen LogP contribution is -1.83. The minimum atomic E-state index is 0.327. The van der Waals surface area contributed by atoms with Crippen molar-refractivity contribution in [2.75, 3.05) is 6.61 Å². The van der Waals surface area contributed by atoms with Crippen molar-refractivity contribution in [3.63, 3.8) is 0 Å². The topological polar surface area (TPSA) is 20.2 Å². The summed E-state index contributed by atoms with van der Waals surface area (Å²) in [6.45, 7) is 2.57. The molecule has 0 unspecified atom stereocenters. The summed E-state index contributed by atoms with van der Waals surface area (Å²) < 4.78 is 0. The first kappa shape index (κ1) is 18.1. The molecule has 108 valence electrons. The minimum absolute atomic E-state index is 0.327. The van der Waals surface area contributed by atoms with Crippen LogP contribution in [0.2, 0.25) is 0 Å². The highest BCUT2D eigenvalue weighted by atomic mass is 16.2. The van der Waals surface area contributed by atoms with E-state index in [4.69, 9.17) is 5.11 Å². The molecule has 0 saturated carbocycles. The van der Waals surface area contributed by atoms with Crippen molar-refractivity contribution in [2.45, 2.75) is 84.0 Å². The monoisotopic (exact) mass is 262 g/mol. The molecule has 0 saturated heterocycles. The van der Waals surface area contributed by atoms with Crippen LogP contribution in [-0.2, 0) is 0 Å². The van der Waals surface area contributed by atoms with Gasteiger partial charge < -0.3 is 5.11 Å². The molecule has 0 spiro atoms. The predicted octanol–water partition coefficient (Wildman–Crippen LogP) is 4.69. The molecule has 0 bridgehead atoms. The van der Waals surface area contributed by atoms with Crippen LogP contribution < -0.4 is 0 Å². The minimum Gasteiger partial charge on any atom is -0.396 e. The Morgan fingerprint density at radius 1 is 0.632 bits per heavy atom. The lowest BCUT2D eigenvalue weighted by molar-refractivity contribution is 0.282. The Kier molecular flexibility index (Phi) is 16.3. The molecule has 0 heterocycles. The summed E-state index contributed by atoms with van der Waals surface area (Å²) in [6, 6.07) is 0. The first-order chi connectivity index (χ1) is 9.41. The molecule has 19 heavy (non-hydrogen) atoms. The fourth-order valence-electron chi connectivity index (χ4n) is 1.89. The first-order valence-electron chi connectivity index (χ1n) is 7.98. The second kappa shape index (κ2) is 17.1. The zero-order valence-corrected chi connectivity index (χ0v) is 12.6. The van der Waals surface area contributed by atoms with Crippen LogP contribution in [0, 0.1) is 23.7 Å². The number of unbranched alkanes of at least 4 members (excludes halogenated alkanes) is 10. The van der Waals surface area contributed by atoms with E-state index in [2.05, 4.69) is 30.6 Å². The van der Waals surface area contributed by atoms with Crippen LogP contribution in [0.15, 0.2) is 0 Å². The molecular weight excluding hydrogens is 232 g/mol. The summed E-state index contributed by atoms with van der Waals surface area (Å²) in [6.07, 6.45) is 14.2. The zero-order valence-electron chi connectivity index (χ0n) is 12.6. The fourth-order valence-corrected chi connectivity index (χ4v) is 1.89. The molecule has 0 aromatic carbocycles. The van der Waals surface area contributed by atoms with Crippen molar-refractivity contribution in [1.82, 2.24) is 0 Å². The smallest absolute Gasteiger partial charge is 0.0431 e. The Labute approximate surface area is 120 Å². The SMILES string of the molecule is CCCCCCCC#CC#CCCCCCCCO. The van der Waals surface area contributed by atoms with E-state index in [0.717, 1.165) is 32.1 Å². The van der Waals surface area contributed by atoms with Gasteiger partial charge in [0.25, 0.3) is 0 Å². The second-order valence-corrected chi connectivity index (χ2v) is 5.01. The van der Waals surface area contributed by atoms with E-state index in [1.165, 1.54) is 44.9 Å². The van der Waals surface area contributed by atoms with Gasteiger partial charge >= 0.3 is 0 Å². The Balaban J connectivity index is 3.25. The second-order valence-electron chi connectivity index (χ2n) is 5.01. The lowest BCUT2D eigenvalue weighted by Gasteiger charge is -1.95. The van der Waals surface area contributed by atoms with E-state index in [9.17, 15) is 0 Å². The van der Waals surface area contributed by atoms with E-state index in [1.807, 2.05) is 0 Å². The standard InChI is InChI=1S/C18H30O/c1-2-3-4-5-6-7-8-9-10-11-12-13-14-15-16-17-18-19/h19H,2-7,12-18H2,1H3. The number of aliphatic hydroxyl groups is 1. The normalized spacial score (nSPS) is 9.37. The van der Waals surface area contributed by atoms with Crippen molar-refractivity contribution in [1.29, 1.82) is 0 Å².